The molecule has 3 heterocycles. The molecular weight excluding hydrogens is 932 g/mol. The number of β-amino-alcohol motifs (C(OH)–C–C–N with tert-alkyl or cyclic N) is 1. The van der Waals surface area contributed by atoms with Crippen molar-refractivity contribution in [2.75, 3.05) is 64.8 Å². The first-order valence-electron chi connectivity index (χ1n) is 25.3. The third-order valence-corrected chi connectivity index (χ3v) is 14.9. The number of phenols is 2. The summed E-state index contributed by atoms with van der Waals surface area (Å²) in [5.74, 6) is 1.29. The van der Waals surface area contributed by atoms with Crippen LogP contribution in [-0.2, 0) is 16.1 Å². The van der Waals surface area contributed by atoms with E-state index in [0.717, 1.165) is 114 Å². The quantitative estimate of drug-likeness (QED) is 0.0244. The lowest BCUT2D eigenvalue weighted by atomic mass is 9.85. The van der Waals surface area contributed by atoms with Crippen molar-refractivity contribution in [1.29, 1.82) is 0 Å². The van der Waals surface area contributed by atoms with Gasteiger partial charge in [-0.25, -0.2) is 4.98 Å². The van der Waals surface area contributed by atoms with Gasteiger partial charge in [0.25, 0.3) is 0 Å². The van der Waals surface area contributed by atoms with Crippen LogP contribution in [0.5, 0.6) is 17.2 Å². The Kier molecular flexibility index (Phi) is 19.5. The summed E-state index contributed by atoms with van der Waals surface area (Å²) in [7, 11) is 0. The summed E-state index contributed by atoms with van der Waals surface area (Å²) in [4.78, 5) is 39.7. The molecule has 3 atom stereocenters. The minimum Gasteiger partial charge on any atom is -0.508 e. The number of ether oxygens (including phenoxy) is 1. The minimum absolute atomic E-state index is 0.132. The van der Waals surface area contributed by atoms with Crippen LogP contribution in [0.15, 0.2) is 103 Å². The SMILES string of the molecule is Cc1ncsc1-c1ccc(CNC(=O)[C@@H]2C[C@@H](O)CN2C(=O)[C@@H](NCCCCCCCN2CCN(CCOc3ccc(C(=C(CCCl)c4ccc(O)cc4)c4ccc(O)cc4)cc3)CC2)C(C)(C)C)cc1. The number of benzene rings is 4. The zero-order valence-electron chi connectivity index (χ0n) is 41.9. The van der Waals surface area contributed by atoms with E-state index < -0.39 is 18.2 Å². The molecule has 0 spiro atoms. The van der Waals surface area contributed by atoms with E-state index in [1.54, 1.807) is 40.5 Å². The summed E-state index contributed by atoms with van der Waals surface area (Å²) in [5.41, 5.74) is 9.55. The number of carbonyl (C=O) groups is 2. The zero-order valence-corrected chi connectivity index (χ0v) is 43.5. The molecule has 0 radical (unpaired) electrons. The van der Waals surface area contributed by atoms with Gasteiger partial charge in [-0.2, -0.15) is 0 Å². The number of nitrogens with one attached hydrogen (secondary N) is 2. The number of carbonyl (C=O) groups excluding carboxylic acids is 2. The Hall–Kier alpha value is -5.28. The molecule has 380 valence electrons. The summed E-state index contributed by atoms with van der Waals surface area (Å²) in [6.07, 6.45) is 5.64. The van der Waals surface area contributed by atoms with Gasteiger partial charge in [0.15, 0.2) is 0 Å². The predicted molar refractivity (Wildman–Crippen MR) is 287 cm³/mol. The van der Waals surface area contributed by atoms with Crippen LogP contribution in [-0.4, -0.2) is 130 Å². The van der Waals surface area contributed by atoms with E-state index in [2.05, 4.69) is 37.6 Å². The molecule has 12 nitrogen and oxygen atoms in total. The number of aromatic nitrogens is 1. The van der Waals surface area contributed by atoms with E-state index in [-0.39, 0.29) is 41.7 Å². The van der Waals surface area contributed by atoms with Crippen LogP contribution >= 0.6 is 22.9 Å². The monoisotopic (exact) mass is 1000 g/mol. The van der Waals surface area contributed by atoms with Crippen LogP contribution in [0.4, 0.5) is 0 Å². The van der Waals surface area contributed by atoms with Crippen LogP contribution in [0.25, 0.3) is 21.6 Å². The van der Waals surface area contributed by atoms with Crippen molar-refractivity contribution in [3.05, 3.63) is 131 Å². The Bertz CT molecular complexity index is 2480. The fourth-order valence-corrected chi connectivity index (χ4v) is 10.7. The number of nitrogens with zero attached hydrogens (tertiary/aromatic N) is 4. The van der Waals surface area contributed by atoms with Crippen LogP contribution in [0.2, 0.25) is 0 Å². The molecule has 2 saturated heterocycles. The Balaban J connectivity index is 0.780. The first-order chi connectivity index (χ1) is 34.3. The molecule has 7 rings (SSSR count). The van der Waals surface area contributed by atoms with E-state index >= 15 is 0 Å². The number of aromatic hydroxyl groups is 2. The van der Waals surface area contributed by atoms with Crippen molar-refractivity contribution in [3.63, 3.8) is 0 Å². The van der Waals surface area contributed by atoms with Gasteiger partial charge in [-0.3, -0.25) is 14.5 Å². The molecule has 2 aliphatic heterocycles. The molecule has 2 aliphatic rings. The molecule has 5 aromatic rings. The minimum atomic E-state index is -0.740. The topological polar surface area (TPSA) is 151 Å². The highest BCUT2D eigenvalue weighted by molar-refractivity contribution is 7.13. The average Bonchev–Trinajstić information content (AvgIpc) is 3.99. The second kappa shape index (κ2) is 25.9. The number of aliphatic hydroxyl groups excluding tert-OH is 1. The maximum absolute atomic E-state index is 14.1. The molecule has 71 heavy (non-hydrogen) atoms. The second-order valence-corrected chi connectivity index (χ2v) is 21.3. The number of aliphatic hydroxyl groups is 1. The third-order valence-electron chi connectivity index (χ3n) is 13.7. The number of hydrogen-bond acceptors (Lipinski definition) is 11. The number of likely N-dealkylation sites (tertiary alicyclic amines) is 1. The fourth-order valence-electron chi connectivity index (χ4n) is 9.69. The van der Waals surface area contributed by atoms with Crippen molar-refractivity contribution in [3.8, 4) is 27.7 Å². The lowest BCUT2D eigenvalue weighted by Gasteiger charge is -2.35. The molecule has 0 saturated carbocycles. The smallest absolute Gasteiger partial charge is 0.243 e. The number of phenolic OH excluding ortho intramolecular Hbond substituents is 2. The number of rotatable bonds is 23. The molecule has 0 bridgehead atoms. The molecule has 2 amide bonds. The van der Waals surface area contributed by atoms with Gasteiger partial charge in [0.05, 0.1) is 28.2 Å². The summed E-state index contributed by atoms with van der Waals surface area (Å²) < 4.78 is 6.23. The Labute approximate surface area is 429 Å². The maximum atomic E-state index is 14.1. The van der Waals surface area contributed by atoms with Gasteiger partial charge < -0.3 is 40.5 Å². The first-order valence-corrected chi connectivity index (χ1v) is 26.7. The van der Waals surface area contributed by atoms with Gasteiger partial charge in [-0.1, -0.05) is 101 Å². The lowest BCUT2D eigenvalue weighted by molar-refractivity contribution is -0.142. The van der Waals surface area contributed by atoms with E-state index in [4.69, 9.17) is 16.3 Å². The first kappa shape index (κ1) is 53.5. The standard InChI is InChI=1S/C57H73ClN6O6S/c1-40-53(71-39-61-40)45-12-10-41(11-13-45)37-60-55(68)51-36-48(67)38-64(51)56(69)54(57(2,3)4)59-28-8-6-5-7-9-29-62-30-32-63(33-31-62)34-35-70-49-24-18-44(19-25-49)52(43-16-22-47(66)23-17-43)50(26-27-58)42-14-20-46(65)21-15-42/h10-25,39,48,51,54,59,65-67H,5-9,26-38H2,1-4H3,(H,60,68)/t48-,51+,54-/m1/s1. The maximum Gasteiger partial charge on any atom is 0.243 e. The Morgan fingerprint density at radius 2 is 1.39 bits per heavy atom. The highest BCUT2D eigenvalue weighted by Gasteiger charge is 2.43. The third kappa shape index (κ3) is 15.1. The second-order valence-electron chi connectivity index (χ2n) is 20.0. The number of hydrogen-bond donors (Lipinski definition) is 5. The van der Waals surface area contributed by atoms with Crippen molar-refractivity contribution < 1.29 is 29.6 Å². The summed E-state index contributed by atoms with van der Waals surface area (Å²) in [5, 5.41) is 37.2. The van der Waals surface area contributed by atoms with Crippen LogP contribution in [0, 0.1) is 12.3 Å². The predicted octanol–water partition coefficient (Wildman–Crippen LogP) is 9.35. The van der Waals surface area contributed by atoms with Crippen LogP contribution in [0.3, 0.4) is 0 Å². The normalized spacial score (nSPS) is 17.5. The fraction of sp³-hybridized carbons (Fsp3) is 0.456. The Morgan fingerprint density at radius 3 is 2.00 bits per heavy atom. The number of aryl methyl sites for hydroxylation is 1. The van der Waals surface area contributed by atoms with Gasteiger partial charge in [0.2, 0.25) is 11.8 Å². The van der Waals surface area contributed by atoms with E-state index in [1.807, 2.05) is 93.9 Å². The lowest BCUT2D eigenvalue weighted by Crippen LogP contribution is -2.56. The molecule has 0 aliphatic carbocycles. The molecule has 0 unspecified atom stereocenters. The summed E-state index contributed by atoms with van der Waals surface area (Å²) in [6.45, 7) is 16.1. The number of unbranched alkanes of at least 4 members (excludes halogenated alkanes) is 4. The average molecular weight is 1010 g/mol. The number of piperazine rings is 1. The van der Waals surface area contributed by atoms with E-state index in [9.17, 15) is 24.9 Å². The number of halogens is 1. The van der Waals surface area contributed by atoms with Crippen molar-refractivity contribution in [1.82, 2.24) is 30.3 Å². The van der Waals surface area contributed by atoms with Gasteiger partial charge >= 0.3 is 0 Å². The molecule has 4 aromatic carbocycles. The zero-order chi connectivity index (χ0) is 50.3. The van der Waals surface area contributed by atoms with Gasteiger partial charge in [0.1, 0.15) is 29.9 Å². The largest absolute Gasteiger partial charge is 0.508 e. The van der Waals surface area contributed by atoms with E-state index in [0.29, 0.717) is 32.0 Å². The van der Waals surface area contributed by atoms with Crippen molar-refractivity contribution in [2.45, 2.75) is 97.4 Å². The van der Waals surface area contributed by atoms with E-state index in [1.165, 1.54) is 12.8 Å². The molecule has 14 heteroatoms. The molecule has 2 fully saturated rings. The highest BCUT2D eigenvalue weighted by Crippen LogP contribution is 2.37. The van der Waals surface area contributed by atoms with Gasteiger partial charge in [0, 0.05) is 58.1 Å². The van der Waals surface area contributed by atoms with Gasteiger partial charge in [-0.15, -0.1) is 22.9 Å². The number of amides is 2. The summed E-state index contributed by atoms with van der Waals surface area (Å²) in [6, 6.07) is 29.5. The summed E-state index contributed by atoms with van der Waals surface area (Å²) >= 11 is 7.93. The van der Waals surface area contributed by atoms with Crippen LogP contribution in [0.1, 0.15) is 93.7 Å². The highest BCUT2D eigenvalue weighted by atomic mass is 35.5. The van der Waals surface area contributed by atoms with Crippen LogP contribution < -0.4 is 15.4 Å². The number of alkyl halides is 1. The number of allylic oxidation sites excluding steroid dienone is 1. The molecular formula is C57H73ClN6O6S. The molecule has 1 aromatic heterocycles. The van der Waals surface area contributed by atoms with Gasteiger partial charge in [-0.05, 0) is 120 Å². The Morgan fingerprint density at radius 1 is 0.803 bits per heavy atom. The molecule has 5 N–H and O–H groups in total. The van der Waals surface area contributed by atoms with Crippen molar-refractivity contribution >= 4 is 45.9 Å². The number of thiazole rings is 1. The van der Waals surface area contributed by atoms with Crippen molar-refractivity contribution in [2.24, 2.45) is 5.41 Å².